The summed E-state index contributed by atoms with van der Waals surface area (Å²) in [5.41, 5.74) is 4.11. The first-order valence-corrected chi connectivity index (χ1v) is 9.04. The van der Waals surface area contributed by atoms with Gasteiger partial charge in [0.2, 0.25) is 5.91 Å². The van der Waals surface area contributed by atoms with Crippen molar-refractivity contribution in [2.24, 2.45) is 0 Å². The minimum Gasteiger partial charge on any atom is -0.370 e. The first kappa shape index (κ1) is 16.4. The first-order valence-electron chi connectivity index (χ1n) is 9.04. The van der Waals surface area contributed by atoms with Crippen LogP contribution >= 0.6 is 0 Å². The summed E-state index contributed by atoms with van der Waals surface area (Å²) in [6, 6.07) is 13.8. The van der Waals surface area contributed by atoms with E-state index in [9.17, 15) is 9.59 Å². The summed E-state index contributed by atoms with van der Waals surface area (Å²) in [5, 5.41) is 3.04. The van der Waals surface area contributed by atoms with Crippen LogP contribution in [0.4, 0.5) is 11.4 Å². The van der Waals surface area contributed by atoms with Crippen molar-refractivity contribution in [2.75, 3.05) is 23.3 Å². The Kier molecular flexibility index (Phi) is 4.48. The third-order valence-corrected chi connectivity index (χ3v) is 4.84. The molecule has 0 aliphatic carbocycles. The number of amides is 1. The summed E-state index contributed by atoms with van der Waals surface area (Å²) in [6.45, 7) is 1.93. The number of hydrogen-bond acceptors (Lipinski definition) is 3. The highest BCUT2D eigenvalue weighted by Crippen LogP contribution is 2.32. The number of aryl methyl sites for hydroxylation is 1. The maximum atomic E-state index is 12.5. The van der Waals surface area contributed by atoms with Gasteiger partial charge in [-0.25, -0.2) is 4.79 Å². The second kappa shape index (κ2) is 7.07. The van der Waals surface area contributed by atoms with Gasteiger partial charge in [0.25, 0.3) is 0 Å². The van der Waals surface area contributed by atoms with Crippen molar-refractivity contribution in [2.45, 2.75) is 25.7 Å². The van der Waals surface area contributed by atoms with Crippen molar-refractivity contribution in [3.05, 3.63) is 58.5 Å². The lowest BCUT2D eigenvalue weighted by atomic mass is 10.1. The third-order valence-electron chi connectivity index (χ3n) is 4.84. The second-order valence-corrected chi connectivity index (χ2v) is 6.72. The van der Waals surface area contributed by atoms with Crippen molar-refractivity contribution in [3.63, 3.8) is 0 Å². The predicted octanol–water partition coefficient (Wildman–Crippen LogP) is 3.03. The number of H-pyrrole nitrogens is 2. The highest BCUT2D eigenvalue weighted by molar-refractivity contribution is 5.98. The van der Waals surface area contributed by atoms with Gasteiger partial charge in [-0.1, -0.05) is 30.3 Å². The van der Waals surface area contributed by atoms with Crippen LogP contribution in [0.25, 0.3) is 11.0 Å². The molecule has 1 aromatic heterocycles. The van der Waals surface area contributed by atoms with Crippen molar-refractivity contribution in [1.82, 2.24) is 9.97 Å². The standard InChI is InChI=1S/C20H22N4O2/c25-19(9-8-14-6-2-1-3-7-14)21-17-12-15-16(23-20(26)22-15)13-18(17)24-10-4-5-11-24/h1-3,6-7,12-13H,4-5,8-11H2,(H,21,25)(H2,22,23,26). The molecule has 0 radical (unpaired) electrons. The van der Waals surface area contributed by atoms with Crippen LogP contribution in [0.15, 0.2) is 47.3 Å². The zero-order valence-corrected chi connectivity index (χ0v) is 14.5. The minimum atomic E-state index is -0.236. The molecule has 0 unspecified atom stereocenters. The highest BCUT2D eigenvalue weighted by Gasteiger charge is 2.18. The van der Waals surface area contributed by atoms with Gasteiger partial charge in [-0.15, -0.1) is 0 Å². The largest absolute Gasteiger partial charge is 0.370 e. The predicted molar refractivity (Wildman–Crippen MR) is 104 cm³/mol. The Balaban J connectivity index is 1.56. The van der Waals surface area contributed by atoms with E-state index < -0.39 is 0 Å². The monoisotopic (exact) mass is 350 g/mol. The van der Waals surface area contributed by atoms with E-state index in [0.717, 1.165) is 48.4 Å². The van der Waals surface area contributed by atoms with Crippen LogP contribution in [0.3, 0.4) is 0 Å². The Bertz CT molecular complexity index is 968. The molecule has 2 heterocycles. The Morgan fingerprint density at radius 2 is 1.73 bits per heavy atom. The smallest absolute Gasteiger partial charge is 0.323 e. The number of rotatable bonds is 5. The SMILES string of the molecule is O=C(CCc1ccccc1)Nc1cc2[nH]c(=O)[nH]c2cc1N1CCCC1. The quantitative estimate of drug-likeness (QED) is 0.662. The van der Waals surface area contributed by atoms with Gasteiger partial charge in [-0.05, 0) is 37.0 Å². The second-order valence-electron chi connectivity index (χ2n) is 6.72. The molecule has 1 saturated heterocycles. The number of fused-ring (bicyclic) bond motifs is 1. The van der Waals surface area contributed by atoms with E-state index in [1.165, 1.54) is 0 Å². The van der Waals surface area contributed by atoms with Crippen molar-refractivity contribution >= 4 is 28.3 Å². The molecule has 1 aliphatic heterocycles. The maximum absolute atomic E-state index is 12.5. The number of nitrogens with one attached hydrogen (secondary N) is 3. The number of nitrogens with zero attached hydrogens (tertiary/aromatic N) is 1. The molecule has 1 fully saturated rings. The van der Waals surface area contributed by atoms with E-state index in [1.54, 1.807) is 0 Å². The van der Waals surface area contributed by atoms with Crippen molar-refractivity contribution in [3.8, 4) is 0 Å². The molecular formula is C20H22N4O2. The molecule has 0 atom stereocenters. The van der Waals surface area contributed by atoms with Gasteiger partial charge in [0.15, 0.2) is 0 Å². The van der Waals surface area contributed by atoms with Gasteiger partial charge in [0, 0.05) is 19.5 Å². The number of carbonyl (C=O) groups excluding carboxylic acids is 1. The van der Waals surface area contributed by atoms with E-state index in [4.69, 9.17) is 0 Å². The fourth-order valence-corrected chi connectivity index (χ4v) is 3.51. The van der Waals surface area contributed by atoms with Crippen molar-refractivity contribution < 1.29 is 4.79 Å². The average Bonchev–Trinajstić information content (AvgIpc) is 3.28. The van der Waals surface area contributed by atoms with E-state index in [1.807, 2.05) is 42.5 Å². The number of aromatic amines is 2. The van der Waals surface area contributed by atoms with Crippen LogP contribution in [-0.2, 0) is 11.2 Å². The molecule has 3 N–H and O–H groups in total. The lowest BCUT2D eigenvalue weighted by Crippen LogP contribution is -2.21. The molecule has 1 aliphatic rings. The third kappa shape index (κ3) is 3.49. The summed E-state index contributed by atoms with van der Waals surface area (Å²) in [7, 11) is 0. The Labute approximate surface area is 151 Å². The lowest BCUT2D eigenvalue weighted by Gasteiger charge is -2.22. The molecule has 3 aromatic rings. The first-order chi connectivity index (χ1) is 12.7. The van der Waals surface area contributed by atoms with Crippen LogP contribution in [-0.4, -0.2) is 29.0 Å². The van der Waals surface area contributed by atoms with E-state index >= 15 is 0 Å². The fourth-order valence-electron chi connectivity index (χ4n) is 3.51. The van der Waals surface area contributed by atoms with Gasteiger partial charge < -0.3 is 20.2 Å². The fraction of sp³-hybridized carbons (Fsp3) is 0.300. The van der Waals surface area contributed by atoms with Gasteiger partial charge in [-0.2, -0.15) is 0 Å². The zero-order chi connectivity index (χ0) is 17.9. The van der Waals surface area contributed by atoms with Gasteiger partial charge in [0.1, 0.15) is 0 Å². The Morgan fingerprint density at radius 3 is 2.46 bits per heavy atom. The summed E-state index contributed by atoms with van der Waals surface area (Å²) in [6.07, 6.45) is 3.41. The molecule has 0 bridgehead atoms. The molecule has 6 nitrogen and oxygen atoms in total. The van der Waals surface area contributed by atoms with Crippen LogP contribution in [0.1, 0.15) is 24.8 Å². The van der Waals surface area contributed by atoms with Gasteiger partial charge >= 0.3 is 5.69 Å². The number of anilines is 2. The van der Waals surface area contributed by atoms with Gasteiger partial charge in [-0.3, -0.25) is 4.79 Å². The average molecular weight is 350 g/mol. The normalized spacial score (nSPS) is 14.1. The molecular weight excluding hydrogens is 328 g/mol. The molecule has 6 heteroatoms. The van der Waals surface area contributed by atoms with Gasteiger partial charge in [0.05, 0.1) is 22.4 Å². The molecule has 4 rings (SSSR count). The lowest BCUT2D eigenvalue weighted by molar-refractivity contribution is -0.116. The van der Waals surface area contributed by atoms with Crippen LogP contribution < -0.4 is 15.9 Å². The molecule has 0 saturated carbocycles. The molecule has 134 valence electrons. The summed E-state index contributed by atoms with van der Waals surface area (Å²) in [5.74, 6) is -0.0217. The van der Waals surface area contributed by atoms with E-state index in [-0.39, 0.29) is 11.6 Å². The molecule has 0 spiro atoms. The van der Waals surface area contributed by atoms with Crippen LogP contribution in [0.5, 0.6) is 0 Å². The summed E-state index contributed by atoms with van der Waals surface area (Å²) >= 11 is 0. The molecule has 2 aromatic carbocycles. The highest BCUT2D eigenvalue weighted by atomic mass is 16.1. The number of hydrogen-bond donors (Lipinski definition) is 3. The maximum Gasteiger partial charge on any atom is 0.323 e. The molecule has 1 amide bonds. The summed E-state index contributed by atoms with van der Waals surface area (Å²) in [4.78, 5) is 31.9. The summed E-state index contributed by atoms with van der Waals surface area (Å²) < 4.78 is 0. The minimum absolute atomic E-state index is 0.0217. The number of aromatic nitrogens is 2. The Hall–Kier alpha value is -3.02. The van der Waals surface area contributed by atoms with Crippen LogP contribution in [0, 0.1) is 0 Å². The number of benzene rings is 2. The van der Waals surface area contributed by atoms with E-state index in [2.05, 4.69) is 20.2 Å². The Morgan fingerprint density at radius 1 is 1.04 bits per heavy atom. The van der Waals surface area contributed by atoms with E-state index in [0.29, 0.717) is 18.4 Å². The van der Waals surface area contributed by atoms with Crippen molar-refractivity contribution in [1.29, 1.82) is 0 Å². The van der Waals surface area contributed by atoms with Crippen LogP contribution in [0.2, 0.25) is 0 Å². The topological polar surface area (TPSA) is 81.0 Å². The number of carbonyl (C=O) groups is 1. The number of imidazole rings is 1. The molecule has 26 heavy (non-hydrogen) atoms. The zero-order valence-electron chi connectivity index (χ0n) is 14.5.